The number of para-hydroxylation sites is 1. The lowest BCUT2D eigenvalue weighted by Crippen LogP contribution is -2.28. The quantitative estimate of drug-likeness (QED) is 0.673. The number of aromatic nitrogens is 1. The number of hydrogen-bond donors (Lipinski definition) is 2. The number of nitrogens with two attached hydrogens (primary N) is 1. The molecule has 0 bridgehead atoms. The largest absolute Gasteiger partial charge is 0.310 e. The Kier molecular flexibility index (Phi) is 4.22. The minimum absolute atomic E-state index is 0.160. The van der Waals surface area contributed by atoms with Crippen molar-refractivity contribution in [3.8, 4) is 0 Å². The van der Waals surface area contributed by atoms with Crippen molar-refractivity contribution in [3.63, 3.8) is 0 Å². The topological polar surface area (TPSA) is 71.2 Å². The Morgan fingerprint density at radius 2 is 2.00 bits per heavy atom. The molecule has 5 nitrogen and oxygen atoms in total. The normalized spacial score (nSPS) is 10.2. The lowest BCUT2D eigenvalue weighted by molar-refractivity contribution is 0.0988. The fourth-order valence-corrected chi connectivity index (χ4v) is 2.07. The summed E-state index contributed by atoms with van der Waals surface area (Å²) in [6.07, 6.45) is 0. The van der Waals surface area contributed by atoms with E-state index in [1.807, 2.05) is 31.2 Å². The van der Waals surface area contributed by atoms with Gasteiger partial charge in [0.1, 0.15) is 11.5 Å². The Morgan fingerprint density at radius 1 is 1.30 bits per heavy atom. The highest BCUT2D eigenvalue weighted by Gasteiger charge is 2.19. The van der Waals surface area contributed by atoms with Crippen molar-refractivity contribution in [1.82, 2.24) is 4.98 Å². The van der Waals surface area contributed by atoms with Gasteiger partial charge in [0.15, 0.2) is 0 Å². The zero-order chi connectivity index (χ0) is 14.7. The van der Waals surface area contributed by atoms with Crippen molar-refractivity contribution < 1.29 is 4.79 Å². The van der Waals surface area contributed by atoms with Crippen LogP contribution in [0.3, 0.4) is 0 Å². The number of nitrogen functional groups attached to an aromatic ring is 1. The van der Waals surface area contributed by atoms with Gasteiger partial charge in [0.2, 0.25) is 0 Å². The molecule has 0 aliphatic rings. The molecule has 0 atom stereocenters. The molecule has 1 heterocycles. The van der Waals surface area contributed by atoms with Crippen LogP contribution in [0, 0.1) is 6.92 Å². The van der Waals surface area contributed by atoms with E-state index in [9.17, 15) is 4.79 Å². The average Bonchev–Trinajstić information content (AvgIpc) is 2.47. The van der Waals surface area contributed by atoms with Crippen LogP contribution in [-0.4, -0.2) is 17.9 Å². The molecule has 1 aromatic carbocycles. The maximum atomic E-state index is 12.5. The van der Waals surface area contributed by atoms with Gasteiger partial charge in [-0.25, -0.2) is 10.8 Å². The first kappa shape index (κ1) is 14.3. The Hall–Kier alpha value is -2.11. The Balaban J connectivity index is 2.39. The molecule has 1 amide bonds. The highest BCUT2D eigenvalue weighted by molar-refractivity contribution is 6.34. The Morgan fingerprint density at radius 3 is 2.65 bits per heavy atom. The number of anilines is 2. The number of rotatable bonds is 3. The molecule has 2 aromatic rings. The molecule has 0 aliphatic heterocycles. The summed E-state index contributed by atoms with van der Waals surface area (Å²) in [4.78, 5) is 18.1. The Bertz CT molecular complexity index is 645. The lowest BCUT2D eigenvalue weighted by Gasteiger charge is -2.19. The van der Waals surface area contributed by atoms with Crippen LogP contribution >= 0.6 is 11.6 Å². The second-order valence-corrected chi connectivity index (χ2v) is 4.73. The van der Waals surface area contributed by atoms with E-state index in [0.717, 1.165) is 11.3 Å². The monoisotopic (exact) mass is 290 g/mol. The molecule has 0 fully saturated rings. The van der Waals surface area contributed by atoms with E-state index >= 15 is 0 Å². The maximum absolute atomic E-state index is 12.5. The van der Waals surface area contributed by atoms with Crippen LogP contribution in [0.15, 0.2) is 36.4 Å². The third-order valence-corrected chi connectivity index (χ3v) is 3.28. The molecular weight excluding hydrogens is 276 g/mol. The first-order valence-corrected chi connectivity index (χ1v) is 6.39. The molecule has 0 aliphatic carbocycles. The van der Waals surface area contributed by atoms with Crippen LogP contribution in [0.2, 0.25) is 5.02 Å². The highest BCUT2D eigenvalue weighted by Crippen LogP contribution is 2.23. The molecule has 104 valence electrons. The van der Waals surface area contributed by atoms with Gasteiger partial charge in [-0.1, -0.05) is 29.8 Å². The number of nitrogens with zero attached hydrogens (tertiary/aromatic N) is 2. The zero-order valence-corrected chi connectivity index (χ0v) is 12.0. The number of amides is 1. The van der Waals surface area contributed by atoms with E-state index < -0.39 is 0 Å². The maximum Gasteiger partial charge on any atom is 0.278 e. The van der Waals surface area contributed by atoms with Crippen LogP contribution in [0.5, 0.6) is 0 Å². The highest BCUT2D eigenvalue weighted by atomic mass is 35.5. The number of hydrogen-bond acceptors (Lipinski definition) is 4. The summed E-state index contributed by atoms with van der Waals surface area (Å²) in [5, 5.41) is 0.287. The molecule has 0 saturated carbocycles. The number of benzene rings is 1. The van der Waals surface area contributed by atoms with Crippen LogP contribution in [0.1, 0.15) is 16.1 Å². The lowest BCUT2D eigenvalue weighted by atomic mass is 10.2. The second-order valence-electron chi connectivity index (χ2n) is 4.32. The number of carbonyl (C=O) groups excluding carboxylic acids is 1. The van der Waals surface area contributed by atoms with Crippen molar-refractivity contribution in [2.45, 2.75) is 6.92 Å². The Labute approximate surface area is 122 Å². The summed E-state index contributed by atoms with van der Waals surface area (Å²) in [6, 6.07) is 10.8. The summed E-state index contributed by atoms with van der Waals surface area (Å²) >= 11 is 6.04. The molecule has 3 N–H and O–H groups in total. The zero-order valence-electron chi connectivity index (χ0n) is 11.2. The number of pyridine rings is 1. The minimum atomic E-state index is -0.290. The van der Waals surface area contributed by atoms with E-state index in [4.69, 9.17) is 17.4 Å². The third kappa shape index (κ3) is 2.74. The number of hydrazine groups is 1. The van der Waals surface area contributed by atoms with E-state index in [0.29, 0.717) is 5.82 Å². The van der Waals surface area contributed by atoms with Crippen molar-refractivity contribution in [3.05, 3.63) is 52.7 Å². The SMILES string of the molecule is Cc1ccccc1N(C)C(=O)c1nc(NN)ccc1Cl. The van der Waals surface area contributed by atoms with E-state index in [1.54, 1.807) is 19.2 Å². The average molecular weight is 291 g/mol. The van der Waals surface area contributed by atoms with E-state index in [2.05, 4.69) is 10.4 Å². The predicted molar refractivity (Wildman–Crippen MR) is 81.0 cm³/mol. The standard InChI is InChI=1S/C14H15ClN4O/c1-9-5-3-4-6-11(9)19(2)14(20)13-10(15)7-8-12(17-13)18-16/h3-8H,16H2,1-2H3,(H,17,18). The van der Waals surface area contributed by atoms with Gasteiger partial charge in [-0.05, 0) is 30.7 Å². The van der Waals surface area contributed by atoms with Crippen molar-refractivity contribution in [2.24, 2.45) is 5.84 Å². The summed E-state index contributed by atoms with van der Waals surface area (Å²) in [7, 11) is 1.69. The smallest absolute Gasteiger partial charge is 0.278 e. The van der Waals surface area contributed by atoms with Gasteiger partial charge in [-0.3, -0.25) is 4.79 Å². The van der Waals surface area contributed by atoms with Gasteiger partial charge in [-0.15, -0.1) is 0 Å². The van der Waals surface area contributed by atoms with Gasteiger partial charge in [0, 0.05) is 12.7 Å². The minimum Gasteiger partial charge on any atom is -0.310 e. The van der Waals surface area contributed by atoms with Crippen LogP contribution in [0.25, 0.3) is 0 Å². The molecule has 2 rings (SSSR count). The summed E-state index contributed by atoms with van der Waals surface area (Å²) in [5.41, 5.74) is 4.36. The van der Waals surface area contributed by atoms with Gasteiger partial charge < -0.3 is 10.3 Å². The molecule has 1 aromatic heterocycles. The second kappa shape index (κ2) is 5.90. The van der Waals surface area contributed by atoms with E-state index in [-0.39, 0.29) is 16.6 Å². The summed E-state index contributed by atoms with van der Waals surface area (Å²) < 4.78 is 0. The number of halogens is 1. The molecule has 0 unspecified atom stereocenters. The van der Waals surface area contributed by atoms with Crippen molar-refractivity contribution in [1.29, 1.82) is 0 Å². The van der Waals surface area contributed by atoms with Gasteiger partial charge in [0.05, 0.1) is 5.02 Å². The van der Waals surface area contributed by atoms with Crippen LogP contribution in [0.4, 0.5) is 11.5 Å². The fourth-order valence-electron chi connectivity index (χ4n) is 1.88. The summed E-state index contributed by atoms with van der Waals surface area (Å²) in [5.74, 6) is 5.39. The first-order chi connectivity index (χ1) is 9.54. The van der Waals surface area contributed by atoms with Crippen LogP contribution in [-0.2, 0) is 0 Å². The third-order valence-electron chi connectivity index (χ3n) is 2.98. The van der Waals surface area contributed by atoms with Gasteiger partial charge >= 0.3 is 0 Å². The predicted octanol–water partition coefficient (Wildman–Crippen LogP) is 2.61. The molecule has 20 heavy (non-hydrogen) atoms. The molecule has 0 spiro atoms. The van der Waals surface area contributed by atoms with Crippen LogP contribution < -0.4 is 16.2 Å². The molecule has 0 saturated heterocycles. The molecule has 6 heteroatoms. The number of aryl methyl sites for hydroxylation is 1. The van der Waals surface area contributed by atoms with Gasteiger partial charge in [0.25, 0.3) is 5.91 Å². The van der Waals surface area contributed by atoms with Gasteiger partial charge in [-0.2, -0.15) is 0 Å². The van der Waals surface area contributed by atoms with Crippen molar-refractivity contribution in [2.75, 3.05) is 17.4 Å². The molecular formula is C14H15ClN4O. The van der Waals surface area contributed by atoms with E-state index in [1.165, 1.54) is 4.90 Å². The fraction of sp³-hybridized carbons (Fsp3) is 0.143. The molecule has 0 radical (unpaired) electrons. The number of nitrogens with one attached hydrogen (secondary N) is 1. The summed E-state index contributed by atoms with van der Waals surface area (Å²) in [6.45, 7) is 1.94. The van der Waals surface area contributed by atoms with Crippen molar-refractivity contribution >= 4 is 29.0 Å². The first-order valence-electron chi connectivity index (χ1n) is 6.01. The number of carbonyl (C=O) groups is 1.